The van der Waals surface area contributed by atoms with Gasteiger partial charge in [0.15, 0.2) is 0 Å². The van der Waals surface area contributed by atoms with Gasteiger partial charge in [-0.1, -0.05) is 23.9 Å². The zero-order valence-electron chi connectivity index (χ0n) is 16.1. The number of aryl methyl sites for hydroxylation is 2. The highest BCUT2D eigenvalue weighted by Gasteiger charge is 2.22. The number of fused-ring (bicyclic) bond motifs is 3. The van der Waals surface area contributed by atoms with Gasteiger partial charge in [-0.15, -0.1) is 11.3 Å². The summed E-state index contributed by atoms with van der Waals surface area (Å²) in [4.78, 5) is 25.8. The quantitative estimate of drug-likeness (QED) is 0.426. The van der Waals surface area contributed by atoms with E-state index in [4.69, 9.17) is 4.74 Å². The number of hydrogen-bond acceptors (Lipinski definition) is 6. The molecular weight excluding hydrogens is 390 g/mol. The van der Waals surface area contributed by atoms with E-state index >= 15 is 0 Å². The first-order valence-electron chi connectivity index (χ1n) is 9.49. The summed E-state index contributed by atoms with van der Waals surface area (Å²) in [6, 6.07) is 7.90. The van der Waals surface area contributed by atoms with E-state index in [1.165, 1.54) is 34.0 Å². The molecule has 1 aliphatic carbocycles. The Morgan fingerprint density at radius 1 is 1.25 bits per heavy atom. The highest BCUT2D eigenvalue weighted by molar-refractivity contribution is 8.00. The van der Waals surface area contributed by atoms with Crippen LogP contribution in [0, 0.1) is 0 Å². The van der Waals surface area contributed by atoms with Gasteiger partial charge < -0.3 is 9.64 Å². The molecule has 0 radical (unpaired) electrons. The van der Waals surface area contributed by atoms with Crippen LogP contribution in [0.1, 0.15) is 29.3 Å². The van der Waals surface area contributed by atoms with Crippen molar-refractivity contribution in [2.75, 3.05) is 19.4 Å². The molecule has 28 heavy (non-hydrogen) atoms. The number of thiophene rings is 1. The maximum atomic E-state index is 12.6. The van der Waals surface area contributed by atoms with Crippen LogP contribution >= 0.6 is 23.1 Å². The van der Waals surface area contributed by atoms with Crippen molar-refractivity contribution in [2.45, 2.75) is 37.8 Å². The molecule has 146 valence electrons. The number of amides is 1. The largest absolute Gasteiger partial charge is 0.494 e. The number of nitrogens with zero attached hydrogens (tertiary/aromatic N) is 3. The number of hydrogen-bond donors (Lipinski definition) is 0. The van der Waals surface area contributed by atoms with Crippen LogP contribution in [0.4, 0.5) is 0 Å². The lowest BCUT2D eigenvalue weighted by Gasteiger charge is -2.17. The number of carbonyl (C=O) groups excluding carboxylic acids is 1. The summed E-state index contributed by atoms with van der Waals surface area (Å²) in [5.41, 5.74) is 2.49. The Hall–Kier alpha value is -2.12. The third kappa shape index (κ3) is 4.00. The average Bonchev–Trinajstić information content (AvgIpc) is 3.29. The molecule has 0 atom stereocenters. The smallest absolute Gasteiger partial charge is 0.233 e. The van der Waals surface area contributed by atoms with Crippen molar-refractivity contribution < 1.29 is 9.53 Å². The lowest BCUT2D eigenvalue weighted by Crippen LogP contribution is -2.27. The first-order chi connectivity index (χ1) is 13.7. The topological polar surface area (TPSA) is 55.3 Å². The van der Waals surface area contributed by atoms with Gasteiger partial charge in [0.25, 0.3) is 0 Å². The Bertz CT molecular complexity index is 985. The summed E-state index contributed by atoms with van der Waals surface area (Å²) in [7, 11) is 1.84. The number of aromatic nitrogens is 2. The van der Waals surface area contributed by atoms with Gasteiger partial charge in [0.05, 0.1) is 12.4 Å². The van der Waals surface area contributed by atoms with Crippen molar-refractivity contribution in [2.24, 2.45) is 0 Å². The summed E-state index contributed by atoms with van der Waals surface area (Å²) < 4.78 is 5.47. The molecule has 3 aromatic rings. The van der Waals surface area contributed by atoms with Crippen LogP contribution in [0.15, 0.2) is 35.6 Å². The van der Waals surface area contributed by atoms with Gasteiger partial charge >= 0.3 is 0 Å². The van der Waals surface area contributed by atoms with Crippen LogP contribution in [0.2, 0.25) is 0 Å². The molecule has 0 saturated carbocycles. The molecule has 2 heterocycles. The van der Waals surface area contributed by atoms with E-state index in [1.807, 2.05) is 38.2 Å². The molecule has 0 bridgehead atoms. The molecular formula is C21H23N3O2S2. The number of carbonyl (C=O) groups is 1. The molecule has 0 N–H and O–H groups in total. The second kappa shape index (κ2) is 8.49. The molecule has 0 aliphatic heterocycles. The van der Waals surface area contributed by atoms with E-state index in [2.05, 4.69) is 9.97 Å². The van der Waals surface area contributed by atoms with Gasteiger partial charge in [-0.05, 0) is 49.4 Å². The Morgan fingerprint density at radius 2 is 2.07 bits per heavy atom. The molecule has 2 aromatic heterocycles. The molecule has 0 unspecified atom stereocenters. The standard InChI is InChI=1S/C21H23N3O2S2/c1-3-26-15-9-7-14(8-10-15)11-24(2)18(25)12-27-20-19-16-5-4-6-17(16)28-21(19)23-13-22-20/h7-10,13H,3-6,11-12H2,1-2H3. The van der Waals surface area contributed by atoms with Gasteiger partial charge in [0, 0.05) is 23.9 Å². The Balaban J connectivity index is 1.39. The zero-order chi connectivity index (χ0) is 19.5. The van der Waals surface area contributed by atoms with E-state index in [0.717, 1.165) is 34.0 Å². The molecule has 1 amide bonds. The highest BCUT2D eigenvalue weighted by Crippen LogP contribution is 2.40. The molecule has 0 fully saturated rings. The minimum atomic E-state index is 0.0949. The summed E-state index contributed by atoms with van der Waals surface area (Å²) in [6.07, 6.45) is 5.07. The van der Waals surface area contributed by atoms with Gasteiger partial charge in [-0.3, -0.25) is 4.79 Å². The number of thioether (sulfide) groups is 1. The molecule has 5 nitrogen and oxygen atoms in total. The maximum Gasteiger partial charge on any atom is 0.233 e. The molecule has 0 saturated heterocycles. The van der Waals surface area contributed by atoms with E-state index < -0.39 is 0 Å². The van der Waals surface area contributed by atoms with Crippen molar-refractivity contribution in [1.29, 1.82) is 0 Å². The Morgan fingerprint density at radius 3 is 2.86 bits per heavy atom. The first kappa shape index (κ1) is 19.2. The van der Waals surface area contributed by atoms with Gasteiger partial charge in [0.2, 0.25) is 5.91 Å². The molecule has 4 rings (SSSR count). The third-order valence-corrected chi connectivity index (χ3v) is 7.05. The lowest BCUT2D eigenvalue weighted by molar-refractivity contribution is -0.127. The van der Waals surface area contributed by atoms with Crippen molar-refractivity contribution in [3.8, 4) is 5.75 Å². The number of benzene rings is 1. The average molecular weight is 414 g/mol. The van der Waals surface area contributed by atoms with Crippen LogP contribution in [0.5, 0.6) is 5.75 Å². The van der Waals surface area contributed by atoms with Crippen molar-refractivity contribution in [1.82, 2.24) is 14.9 Å². The van der Waals surface area contributed by atoms with Gasteiger partial charge in [0.1, 0.15) is 21.9 Å². The summed E-state index contributed by atoms with van der Waals surface area (Å²) in [5, 5.41) is 2.11. The SMILES string of the molecule is CCOc1ccc(CN(C)C(=O)CSc2ncnc3sc4c(c23)CCC4)cc1. The normalized spacial score (nSPS) is 12.9. The summed E-state index contributed by atoms with van der Waals surface area (Å²) in [6.45, 7) is 3.20. The van der Waals surface area contributed by atoms with E-state index in [9.17, 15) is 4.79 Å². The molecule has 1 aliphatic rings. The second-order valence-electron chi connectivity index (χ2n) is 6.83. The fourth-order valence-electron chi connectivity index (χ4n) is 3.47. The monoisotopic (exact) mass is 413 g/mol. The van der Waals surface area contributed by atoms with Crippen LogP contribution in [-0.4, -0.2) is 40.2 Å². The highest BCUT2D eigenvalue weighted by atomic mass is 32.2. The van der Waals surface area contributed by atoms with E-state index in [0.29, 0.717) is 18.9 Å². The van der Waals surface area contributed by atoms with Gasteiger partial charge in [-0.25, -0.2) is 9.97 Å². The number of ether oxygens (including phenoxy) is 1. The summed E-state index contributed by atoms with van der Waals surface area (Å²) >= 11 is 3.30. The van der Waals surface area contributed by atoms with E-state index in [-0.39, 0.29) is 5.91 Å². The van der Waals surface area contributed by atoms with Crippen LogP contribution in [0.3, 0.4) is 0 Å². The number of rotatable bonds is 7. The minimum absolute atomic E-state index is 0.0949. The van der Waals surface area contributed by atoms with Crippen molar-refractivity contribution >= 4 is 39.2 Å². The molecule has 0 spiro atoms. The fourth-order valence-corrected chi connectivity index (χ4v) is 5.73. The zero-order valence-corrected chi connectivity index (χ0v) is 17.7. The van der Waals surface area contributed by atoms with Crippen LogP contribution < -0.4 is 4.74 Å². The Labute approximate surface area is 173 Å². The summed E-state index contributed by atoms with van der Waals surface area (Å²) in [5.74, 6) is 1.33. The van der Waals surface area contributed by atoms with E-state index in [1.54, 1.807) is 22.6 Å². The fraction of sp³-hybridized carbons (Fsp3) is 0.381. The predicted octanol–water partition coefficient (Wildman–Crippen LogP) is 4.33. The third-order valence-electron chi connectivity index (χ3n) is 4.88. The first-order valence-corrected chi connectivity index (χ1v) is 11.3. The maximum absolute atomic E-state index is 12.6. The van der Waals surface area contributed by atoms with Crippen molar-refractivity contribution in [3.63, 3.8) is 0 Å². The van der Waals surface area contributed by atoms with Crippen LogP contribution in [-0.2, 0) is 24.2 Å². The van der Waals surface area contributed by atoms with Crippen LogP contribution in [0.25, 0.3) is 10.2 Å². The van der Waals surface area contributed by atoms with Crippen molar-refractivity contribution in [3.05, 3.63) is 46.6 Å². The lowest BCUT2D eigenvalue weighted by atomic mass is 10.2. The van der Waals surface area contributed by atoms with Gasteiger partial charge in [-0.2, -0.15) is 0 Å². The predicted molar refractivity (Wildman–Crippen MR) is 114 cm³/mol. The minimum Gasteiger partial charge on any atom is -0.494 e. The Kier molecular flexibility index (Phi) is 5.82. The second-order valence-corrected chi connectivity index (χ2v) is 8.88. The molecule has 7 heteroatoms. The molecule has 1 aromatic carbocycles.